The van der Waals surface area contributed by atoms with Crippen molar-refractivity contribution in [2.24, 2.45) is 5.92 Å². The highest BCUT2D eigenvalue weighted by Gasteiger charge is 2.24. The number of carbonyl (C=O) groups is 1. The third-order valence-corrected chi connectivity index (χ3v) is 3.67. The lowest BCUT2D eigenvalue weighted by molar-refractivity contribution is -0.384. The number of nitro groups is 1. The van der Waals surface area contributed by atoms with Gasteiger partial charge in [-0.1, -0.05) is 0 Å². The van der Waals surface area contributed by atoms with E-state index < -0.39 is 4.92 Å². The molecule has 0 spiro atoms. The first-order chi connectivity index (χ1) is 9.60. The number of benzene rings is 1. The number of hydrogen-bond donors (Lipinski definition) is 1. The van der Waals surface area contributed by atoms with Crippen LogP contribution in [0.5, 0.6) is 0 Å². The van der Waals surface area contributed by atoms with Gasteiger partial charge in [-0.25, -0.2) is 0 Å². The first kappa shape index (κ1) is 14.6. The van der Waals surface area contributed by atoms with Crippen molar-refractivity contribution in [2.75, 3.05) is 26.2 Å². The van der Waals surface area contributed by atoms with E-state index in [1.54, 1.807) is 0 Å². The summed E-state index contributed by atoms with van der Waals surface area (Å²) < 4.78 is 0. The van der Waals surface area contributed by atoms with E-state index in [4.69, 9.17) is 5.11 Å². The van der Waals surface area contributed by atoms with Crippen molar-refractivity contribution in [3.63, 3.8) is 0 Å². The van der Waals surface area contributed by atoms with Crippen molar-refractivity contribution < 1.29 is 14.8 Å². The van der Waals surface area contributed by atoms with Gasteiger partial charge in [0.2, 0.25) is 0 Å². The fourth-order valence-corrected chi connectivity index (χ4v) is 2.54. The van der Waals surface area contributed by atoms with Crippen molar-refractivity contribution in [3.8, 4) is 0 Å². The van der Waals surface area contributed by atoms with Crippen LogP contribution in [0.15, 0.2) is 24.3 Å². The third kappa shape index (κ3) is 3.61. The molecule has 108 valence electrons. The van der Waals surface area contributed by atoms with Crippen LogP contribution in [0.1, 0.15) is 23.2 Å². The van der Waals surface area contributed by atoms with E-state index in [1.807, 2.05) is 0 Å². The molecule has 1 aromatic rings. The van der Waals surface area contributed by atoms with Gasteiger partial charge >= 0.3 is 0 Å². The zero-order valence-electron chi connectivity index (χ0n) is 11.2. The summed E-state index contributed by atoms with van der Waals surface area (Å²) in [6.45, 7) is 2.22. The SMILES string of the molecule is O=C(CN1CCC(CCO)C1)c1ccc([N+](=O)[O-])cc1. The zero-order valence-corrected chi connectivity index (χ0v) is 11.2. The summed E-state index contributed by atoms with van der Waals surface area (Å²) in [5.74, 6) is 0.439. The highest BCUT2D eigenvalue weighted by molar-refractivity contribution is 5.97. The van der Waals surface area contributed by atoms with Crippen LogP contribution in [0.3, 0.4) is 0 Å². The number of likely N-dealkylation sites (tertiary alicyclic amines) is 1. The Bertz CT molecular complexity index is 486. The van der Waals surface area contributed by atoms with Crippen molar-refractivity contribution in [2.45, 2.75) is 12.8 Å². The number of aliphatic hydroxyl groups is 1. The molecular weight excluding hydrogens is 260 g/mol. The van der Waals surface area contributed by atoms with Gasteiger partial charge in [-0.05, 0) is 37.4 Å². The second-order valence-corrected chi connectivity index (χ2v) is 5.13. The molecule has 1 fully saturated rings. The molecule has 1 unspecified atom stereocenters. The normalized spacial score (nSPS) is 19.1. The van der Waals surface area contributed by atoms with Crippen LogP contribution in [-0.4, -0.2) is 47.0 Å². The lowest BCUT2D eigenvalue weighted by Crippen LogP contribution is -2.28. The van der Waals surface area contributed by atoms with E-state index in [0.29, 0.717) is 18.0 Å². The van der Waals surface area contributed by atoms with Crippen molar-refractivity contribution in [1.82, 2.24) is 4.90 Å². The molecule has 6 heteroatoms. The van der Waals surface area contributed by atoms with Crippen LogP contribution in [0.25, 0.3) is 0 Å². The standard InChI is InChI=1S/C14H18N2O4/c17-8-6-11-5-7-15(9-11)10-14(18)12-1-3-13(4-2-12)16(19)20/h1-4,11,17H,5-10H2. The molecule has 1 aliphatic rings. The molecule has 1 atom stereocenters. The van der Waals surface area contributed by atoms with Gasteiger partial charge in [0.1, 0.15) is 0 Å². The molecule has 1 heterocycles. The third-order valence-electron chi connectivity index (χ3n) is 3.67. The van der Waals surface area contributed by atoms with E-state index in [2.05, 4.69) is 4.90 Å². The number of hydrogen-bond acceptors (Lipinski definition) is 5. The first-order valence-corrected chi connectivity index (χ1v) is 6.71. The maximum Gasteiger partial charge on any atom is 0.269 e. The Labute approximate surface area is 117 Å². The fourth-order valence-electron chi connectivity index (χ4n) is 2.54. The fraction of sp³-hybridized carbons (Fsp3) is 0.500. The van der Waals surface area contributed by atoms with Gasteiger partial charge in [-0.3, -0.25) is 19.8 Å². The molecule has 0 aromatic heterocycles. The van der Waals surface area contributed by atoms with E-state index >= 15 is 0 Å². The van der Waals surface area contributed by atoms with Crippen molar-refractivity contribution in [3.05, 3.63) is 39.9 Å². The Kier molecular flexibility index (Phi) is 4.81. The van der Waals surface area contributed by atoms with Gasteiger partial charge < -0.3 is 5.11 Å². The van der Waals surface area contributed by atoms with Crippen LogP contribution in [0, 0.1) is 16.0 Å². The van der Waals surface area contributed by atoms with Crippen LogP contribution in [0.2, 0.25) is 0 Å². The minimum Gasteiger partial charge on any atom is -0.396 e. The molecule has 1 aromatic carbocycles. The molecule has 0 amide bonds. The number of ketones is 1. The second-order valence-electron chi connectivity index (χ2n) is 5.13. The van der Waals surface area contributed by atoms with Gasteiger partial charge in [0.25, 0.3) is 5.69 Å². The summed E-state index contributed by atoms with van der Waals surface area (Å²) in [7, 11) is 0. The van der Waals surface area contributed by atoms with E-state index in [1.165, 1.54) is 24.3 Å². The van der Waals surface area contributed by atoms with E-state index in [0.717, 1.165) is 25.9 Å². The summed E-state index contributed by atoms with van der Waals surface area (Å²) >= 11 is 0. The predicted molar refractivity (Wildman–Crippen MR) is 73.7 cm³/mol. The molecule has 20 heavy (non-hydrogen) atoms. The Balaban J connectivity index is 1.90. The molecule has 1 aliphatic heterocycles. The number of carbonyl (C=O) groups excluding carboxylic acids is 1. The largest absolute Gasteiger partial charge is 0.396 e. The molecule has 0 aliphatic carbocycles. The van der Waals surface area contributed by atoms with E-state index in [-0.39, 0.29) is 18.1 Å². The summed E-state index contributed by atoms with van der Waals surface area (Å²) in [5, 5.41) is 19.5. The van der Waals surface area contributed by atoms with Crippen LogP contribution >= 0.6 is 0 Å². The average Bonchev–Trinajstić information content (AvgIpc) is 2.86. The number of aliphatic hydroxyl groups excluding tert-OH is 1. The molecule has 0 bridgehead atoms. The smallest absolute Gasteiger partial charge is 0.269 e. The topological polar surface area (TPSA) is 83.7 Å². The van der Waals surface area contributed by atoms with Gasteiger partial charge in [0.15, 0.2) is 5.78 Å². The van der Waals surface area contributed by atoms with Gasteiger partial charge in [-0.2, -0.15) is 0 Å². The molecular formula is C14H18N2O4. The van der Waals surface area contributed by atoms with Crippen LogP contribution < -0.4 is 0 Å². The quantitative estimate of drug-likeness (QED) is 0.484. The highest BCUT2D eigenvalue weighted by atomic mass is 16.6. The second kappa shape index (κ2) is 6.58. The molecule has 6 nitrogen and oxygen atoms in total. The molecule has 0 radical (unpaired) electrons. The van der Waals surface area contributed by atoms with Gasteiger partial charge in [0, 0.05) is 30.8 Å². The van der Waals surface area contributed by atoms with Crippen molar-refractivity contribution >= 4 is 11.5 Å². The number of nitro benzene ring substituents is 1. The predicted octanol–water partition coefficient (Wildman–Crippen LogP) is 1.48. The van der Waals surface area contributed by atoms with Crippen LogP contribution in [-0.2, 0) is 0 Å². The molecule has 1 saturated heterocycles. The minimum atomic E-state index is -0.478. The number of Topliss-reactive ketones (excluding diaryl/α,β-unsaturated/α-hetero) is 1. The van der Waals surface area contributed by atoms with Crippen molar-refractivity contribution in [1.29, 1.82) is 0 Å². The number of rotatable bonds is 6. The Morgan fingerprint density at radius 3 is 2.70 bits per heavy atom. The Morgan fingerprint density at radius 2 is 2.10 bits per heavy atom. The van der Waals surface area contributed by atoms with Gasteiger partial charge in [-0.15, -0.1) is 0 Å². The minimum absolute atomic E-state index is 0.00858. The summed E-state index contributed by atoms with van der Waals surface area (Å²) in [4.78, 5) is 24.2. The average molecular weight is 278 g/mol. The van der Waals surface area contributed by atoms with Gasteiger partial charge in [0.05, 0.1) is 11.5 Å². The summed E-state index contributed by atoms with van der Waals surface area (Å²) in [6, 6.07) is 5.71. The lowest BCUT2D eigenvalue weighted by Gasteiger charge is -2.14. The van der Waals surface area contributed by atoms with Crippen LogP contribution in [0.4, 0.5) is 5.69 Å². The maximum atomic E-state index is 12.1. The maximum absolute atomic E-state index is 12.1. The Hall–Kier alpha value is -1.79. The lowest BCUT2D eigenvalue weighted by atomic mass is 10.1. The van der Waals surface area contributed by atoms with E-state index in [9.17, 15) is 14.9 Å². The molecule has 2 rings (SSSR count). The highest BCUT2D eigenvalue weighted by Crippen LogP contribution is 2.20. The first-order valence-electron chi connectivity index (χ1n) is 6.71. The Morgan fingerprint density at radius 1 is 1.40 bits per heavy atom. The summed E-state index contributed by atoms with van der Waals surface area (Å²) in [6.07, 6.45) is 1.79. The monoisotopic (exact) mass is 278 g/mol. The molecule has 0 saturated carbocycles. The summed E-state index contributed by atoms with van der Waals surface area (Å²) in [5.41, 5.74) is 0.493. The number of non-ortho nitro benzene ring substituents is 1. The zero-order chi connectivity index (χ0) is 14.5. The molecule has 1 N–H and O–H groups in total. The number of nitrogens with zero attached hydrogens (tertiary/aromatic N) is 2.